The highest BCUT2D eigenvalue weighted by atomic mass is 32.2. The lowest BCUT2D eigenvalue weighted by Gasteiger charge is -2.05. The molecule has 0 aliphatic carbocycles. The first kappa shape index (κ1) is 16.3. The lowest BCUT2D eigenvalue weighted by atomic mass is 10.2. The molecule has 0 saturated heterocycles. The molecule has 0 fully saturated rings. The zero-order valence-electron chi connectivity index (χ0n) is 13.1. The molecule has 0 saturated carbocycles. The molecule has 0 aliphatic heterocycles. The van der Waals surface area contributed by atoms with Crippen molar-refractivity contribution < 1.29 is 9.34 Å². The average Bonchev–Trinajstić information content (AvgIpc) is 2.87. The van der Waals surface area contributed by atoms with E-state index in [9.17, 15) is 14.9 Å². The van der Waals surface area contributed by atoms with Crippen LogP contribution < -0.4 is 5.76 Å². The largest absolute Gasteiger partial charge is 0.419 e. The Kier molecular flexibility index (Phi) is 4.71. The number of nitrogens with zero attached hydrogens (tertiary/aromatic N) is 2. The molecule has 0 amide bonds. The van der Waals surface area contributed by atoms with Crippen molar-refractivity contribution in [3.8, 4) is 0 Å². The quantitative estimate of drug-likeness (QED) is 0.292. The second kappa shape index (κ2) is 6.92. The van der Waals surface area contributed by atoms with Crippen LogP contribution in [0.25, 0.3) is 11.1 Å². The first-order chi connectivity index (χ1) is 11.6. The molecule has 0 N–H and O–H groups in total. The number of fused-ring (bicyclic) bond motifs is 1. The molecule has 24 heavy (non-hydrogen) atoms. The van der Waals surface area contributed by atoms with E-state index < -0.39 is 10.7 Å². The van der Waals surface area contributed by atoms with E-state index in [1.165, 1.54) is 33.2 Å². The van der Waals surface area contributed by atoms with Crippen molar-refractivity contribution in [2.45, 2.75) is 24.8 Å². The van der Waals surface area contributed by atoms with Gasteiger partial charge >= 0.3 is 5.76 Å². The Balaban J connectivity index is 1.72. The minimum Gasteiger partial charge on any atom is -0.408 e. The monoisotopic (exact) mass is 344 g/mol. The highest BCUT2D eigenvalue weighted by molar-refractivity contribution is 7.99. The molecular weight excluding hydrogens is 328 g/mol. The summed E-state index contributed by atoms with van der Waals surface area (Å²) in [6, 6.07) is 12.3. The van der Waals surface area contributed by atoms with Gasteiger partial charge in [-0.3, -0.25) is 14.7 Å². The average molecular weight is 344 g/mol. The lowest BCUT2D eigenvalue weighted by Crippen LogP contribution is -2.14. The topological polar surface area (TPSA) is 78.3 Å². The van der Waals surface area contributed by atoms with E-state index in [4.69, 9.17) is 4.42 Å². The summed E-state index contributed by atoms with van der Waals surface area (Å²) in [7, 11) is 0. The predicted octanol–water partition coefficient (Wildman–Crippen LogP) is 3.99. The van der Waals surface area contributed by atoms with Gasteiger partial charge in [-0.2, -0.15) is 0 Å². The van der Waals surface area contributed by atoms with E-state index in [-0.39, 0.29) is 5.69 Å². The first-order valence-corrected chi connectivity index (χ1v) is 8.51. The van der Waals surface area contributed by atoms with Crippen molar-refractivity contribution in [2.75, 3.05) is 5.75 Å². The highest BCUT2D eigenvalue weighted by Gasteiger charge is 2.14. The Morgan fingerprint density at radius 2 is 2.04 bits per heavy atom. The molecular formula is C17H16N2O4S. The molecule has 2 aromatic carbocycles. The van der Waals surface area contributed by atoms with Crippen LogP contribution in [-0.2, 0) is 6.54 Å². The van der Waals surface area contributed by atoms with Crippen LogP contribution >= 0.6 is 11.8 Å². The SMILES string of the molecule is Cc1ccccc1SCCCn1c(=O)oc2ccc([N+](=O)[O-])cc21. The van der Waals surface area contributed by atoms with Gasteiger partial charge in [0.25, 0.3) is 5.69 Å². The first-order valence-electron chi connectivity index (χ1n) is 7.52. The second-order valence-corrected chi connectivity index (χ2v) is 6.53. The summed E-state index contributed by atoms with van der Waals surface area (Å²) >= 11 is 1.73. The molecule has 3 aromatic rings. The van der Waals surface area contributed by atoms with Crippen molar-refractivity contribution in [1.29, 1.82) is 0 Å². The maximum absolute atomic E-state index is 12.0. The standard InChI is InChI=1S/C17H16N2O4S/c1-12-5-2-3-6-16(12)24-10-4-9-18-14-11-13(19(21)22)7-8-15(14)23-17(18)20/h2-3,5-8,11H,4,9-10H2,1H3. The van der Waals surface area contributed by atoms with E-state index in [1.54, 1.807) is 11.8 Å². The Morgan fingerprint density at radius 1 is 1.25 bits per heavy atom. The maximum atomic E-state index is 12.0. The zero-order valence-corrected chi connectivity index (χ0v) is 13.9. The van der Waals surface area contributed by atoms with E-state index in [0.717, 1.165) is 12.2 Å². The van der Waals surface area contributed by atoms with Crippen molar-refractivity contribution >= 4 is 28.5 Å². The van der Waals surface area contributed by atoms with Gasteiger partial charge < -0.3 is 4.42 Å². The predicted molar refractivity (Wildman–Crippen MR) is 93.6 cm³/mol. The van der Waals surface area contributed by atoms with Crippen LogP contribution in [0, 0.1) is 17.0 Å². The number of thioether (sulfide) groups is 1. The van der Waals surface area contributed by atoms with Gasteiger partial charge in [0.2, 0.25) is 0 Å². The molecule has 1 aromatic heterocycles. The fourth-order valence-corrected chi connectivity index (χ4v) is 3.46. The summed E-state index contributed by atoms with van der Waals surface area (Å²) in [5, 5.41) is 10.9. The Bertz CT molecular complexity index is 945. The molecule has 0 unspecified atom stereocenters. The molecule has 6 nitrogen and oxygen atoms in total. The summed E-state index contributed by atoms with van der Waals surface area (Å²) in [6.45, 7) is 2.53. The summed E-state index contributed by atoms with van der Waals surface area (Å²) in [4.78, 5) is 23.6. The van der Waals surface area contributed by atoms with Gasteiger partial charge in [0.05, 0.1) is 10.4 Å². The third-order valence-corrected chi connectivity index (χ3v) is 5.00. The number of oxazole rings is 1. The number of aromatic nitrogens is 1. The third kappa shape index (κ3) is 3.35. The molecule has 3 rings (SSSR count). The van der Waals surface area contributed by atoms with Gasteiger partial charge in [-0.15, -0.1) is 11.8 Å². The fourth-order valence-electron chi connectivity index (χ4n) is 2.50. The molecule has 0 atom stereocenters. The lowest BCUT2D eigenvalue weighted by molar-refractivity contribution is -0.384. The molecule has 124 valence electrons. The zero-order chi connectivity index (χ0) is 17.1. The maximum Gasteiger partial charge on any atom is 0.419 e. The molecule has 0 radical (unpaired) electrons. The van der Waals surface area contributed by atoms with Crippen LogP contribution in [0.5, 0.6) is 0 Å². The number of nitro benzene ring substituents is 1. The molecule has 0 spiro atoms. The molecule has 0 aliphatic rings. The van der Waals surface area contributed by atoms with Crippen LogP contribution in [-0.4, -0.2) is 15.2 Å². The van der Waals surface area contributed by atoms with Gasteiger partial charge in [-0.1, -0.05) is 18.2 Å². The number of hydrogen-bond acceptors (Lipinski definition) is 5. The van der Waals surface area contributed by atoms with E-state index in [1.807, 2.05) is 12.1 Å². The number of benzene rings is 2. The van der Waals surface area contributed by atoms with Gasteiger partial charge in [-0.05, 0) is 36.8 Å². The number of nitro groups is 1. The molecule has 7 heteroatoms. The van der Waals surface area contributed by atoms with Crippen LogP contribution in [0.15, 0.2) is 56.6 Å². The van der Waals surface area contributed by atoms with Crippen molar-refractivity contribution in [2.24, 2.45) is 0 Å². The minimum absolute atomic E-state index is 0.0497. The van der Waals surface area contributed by atoms with Gasteiger partial charge in [0.15, 0.2) is 5.58 Å². The van der Waals surface area contributed by atoms with Crippen molar-refractivity contribution in [1.82, 2.24) is 4.57 Å². The van der Waals surface area contributed by atoms with E-state index >= 15 is 0 Å². The van der Waals surface area contributed by atoms with E-state index in [0.29, 0.717) is 17.6 Å². The van der Waals surface area contributed by atoms with Gasteiger partial charge in [0.1, 0.15) is 0 Å². The Hall–Kier alpha value is -2.54. The Morgan fingerprint density at radius 3 is 2.79 bits per heavy atom. The highest BCUT2D eigenvalue weighted by Crippen LogP contribution is 2.23. The van der Waals surface area contributed by atoms with Gasteiger partial charge in [-0.25, -0.2) is 4.79 Å². The second-order valence-electron chi connectivity index (χ2n) is 5.40. The normalized spacial score (nSPS) is 11.0. The summed E-state index contributed by atoms with van der Waals surface area (Å²) in [5.74, 6) is 0.366. The summed E-state index contributed by atoms with van der Waals surface area (Å²) in [5.41, 5.74) is 2.02. The fraction of sp³-hybridized carbons (Fsp3) is 0.235. The summed E-state index contributed by atoms with van der Waals surface area (Å²) in [6.07, 6.45) is 0.760. The van der Waals surface area contributed by atoms with E-state index in [2.05, 4.69) is 19.1 Å². The van der Waals surface area contributed by atoms with Crippen LogP contribution in [0.2, 0.25) is 0 Å². The number of hydrogen-bond donors (Lipinski definition) is 0. The van der Waals surface area contributed by atoms with Crippen LogP contribution in [0.3, 0.4) is 0 Å². The van der Waals surface area contributed by atoms with Crippen molar-refractivity contribution in [3.63, 3.8) is 0 Å². The minimum atomic E-state index is -0.480. The number of non-ortho nitro benzene ring substituents is 1. The third-order valence-electron chi connectivity index (χ3n) is 3.74. The smallest absolute Gasteiger partial charge is 0.408 e. The van der Waals surface area contributed by atoms with Gasteiger partial charge in [0, 0.05) is 23.6 Å². The van der Waals surface area contributed by atoms with Crippen molar-refractivity contribution in [3.05, 3.63) is 68.7 Å². The number of rotatable bonds is 6. The Labute approximate surface area is 142 Å². The molecule has 0 bridgehead atoms. The van der Waals surface area contributed by atoms with Crippen LogP contribution in [0.1, 0.15) is 12.0 Å². The summed E-state index contributed by atoms with van der Waals surface area (Å²) < 4.78 is 6.61. The molecule has 1 heterocycles. The van der Waals surface area contributed by atoms with Crippen LogP contribution in [0.4, 0.5) is 5.69 Å². The number of aryl methyl sites for hydroxylation is 2.